The van der Waals surface area contributed by atoms with Crippen LogP contribution in [0.3, 0.4) is 0 Å². The molecule has 0 radical (unpaired) electrons. The molecule has 0 bridgehead atoms. The molecule has 0 saturated carbocycles. The van der Waals surface area contributed by atoms with E-state index in [1.54, 1.807) is 31.2 Å². The number of carbonyl (C=O) groups excluding carboxylic acids is 2. The number of nitro groups is 1. The number of non-ortho nitro benzene ring substituents is 1. The van der Waals surface area contributed by atoms with Crippen LogP contribution in [0.1, 0.15) is 33.4 Å². The van der Waals surface area contributed by atoms with Crippen LogP contribution in [0.5, 0.6) is 5.75 Å². The van der Waals surface area contributed by atoms with Crippen LogP contribution in [-0.4, -0.2) is 34.7 Å². The van der Waals surface area contributed by atoms with E-state index < -0.39 is 22.5 Å². The molecule has 2 N–H and O–H groups in total. The number of nitro benzene ring substituents is 1. The Balaban J connectivity index is 1.73. The molecule has 10 nitrogen and oxygen atoms in total. The van der Waals surface area contributed by atoms with Crippen molar-refractivity contribution < 1.29 is 28.8 Å². The van der Waals surface area contributed by atoms with Crippen LogP contribution in [0.4, 0.5) is 5.69 Å². The van der Waals surface area contributed by atoms with E-state index in [0.717, 1.165) is 18.2 Å². The molecule has 1 amide bonds. The summed E-state index contributed by atoms with van der Waals surface area (Å²) in [4.78, 5) is 34.3. The molecule has 1 aromatic heterocycles. The monoisotopic (exact) mass is 457 g/mol. The summed E-state index contributed by atoms with van der Waals surface area (Å²) in [6.07, 6.45) is 1.21. The largest absolute Gasteiger partial charge is 0.507 e. The summed E-state index contributed by atoms with van der Waals surface area (Å²) in [6, 6.07) is 11.0. The highest BCUT2D eigenvalue weighted by Gasteiger charge is 2.17. The SMILES string of the molecule is CCOC(=O)c1cc(-c2ccc(/C=N/NC(=O)c3cc([N+](=O)[O-])ccc3O)o2)ccc1Cl. The van der Waals surface area contributed by atoms with Crippen molar-refractivity contribution >= 4 is 35.4 Å². The number of furan rings is 1. The number of nitrogens with zero attached hydrogens (tertiary/aromatic N) is 2. The van der Waals surface area contributed by atoms with Gasteiger partial charge in [-0.2, -0.15) is 5.10 Å². The minimum atomic E-state index is -0.842. The number of aromatic hydroxyl groups is 1. The van der Waals surface area contributed by atoms with Crippen molar-refractivity contribution in [1.29, 1.82) is 0 Å². The fraction of sp³-hybridized carbons (Fsp3) is 0.0952. The number of halogens is 1. The third kappa shape index (κ3) is 5.10. The third-order valence-corrected chi connectivity index (χ3v) is 4.50. The molecule has 3 aromatic rings. The van der Waals surface area contributed by atoms with Gasteiger partial charge in [0.15, 0.2) is 0 Å². The maximum absolute atomic E-state index is 12.1. The smallest absolute Gasteiger partial charge is 0.339 e. The van der Waals surface area contributed by atoms with E-state index in [1.165, 1.54) is 12.3 Å². The molecule has 0 saturated heterocycles. The van der Waals surface area contributed by atoms with Gasteiger partial charge in [0.05, 0.1) is 33.9 Å². The first-order valence-corrected chi connectivity index (χ1v) is 9.55. The average Bonchev–Trinajstić information content (AvgIpc) is 3.23. The number of rotatable bonds is 7. The highest BCUT2D eigenvalue weighted by atomic mass is 35.5. The average molecular weight is 458 g/mol. The number of ether oxygens (including phenoxy) is 1. The molecule has 0 aliphatic heterocycles. The van der Waals surface area contributed by atoms with Gasteiger partial charge in [-0.25, -0.2) is 10.2 Å². The number of hydrogen-bond acceptors (Lipinski definition) is 8. The van der Waals surface area contributed by atoms with E-state index in [0.29, 0.717) is 11.3 Å². The normalized spacial score (nSPS) is 10.8. The Bertz CT molecular complexity index is 1220. The molecular formula is C21H16ClN3O7. The van der Waals surface area contributed by atoms with E-state index >= 15 is 0 Å². The highest BCUT2D eigenvalue weighted by molar-refractivity contribution is 6.33. The van der Waals surface area contributed by atoms with Crippen LogP contribution in [0.2, 0.25) is 5.02 Å². The highest BCUT2D eigenvalue weighted by Crippen LogP contribution is 2.27. The van der Waals surface area contributed by atoms with Crippen molar-refractivity contribution in [3.05, 3.63) is 80.6 Å². The van der Waals surface area contributed by atoms with Gasteiger partial charge in [-0.15, -0.1) is 0 Å². The van der Waals surface area contributed by atoms with Crippen molar-refractivity contribution in [3.8, 4) is 17.1 Å². The Kier molecular flexibility index (Phi) is 6.86. The Hall–Kier alpha value is -4.18. The fourth-order valence-electron chi connectivity index (χ4n) is 2.66. The van der Waals surface area contributed by atoms with Crippen LogP contribution in [0.15, 0.2) is 58.0 Å². The molecule has 0 unspecified atom stereocenters. The van der Waals surface area contributed by atoms with Crippen molar-refractivity contribution in [2.75, 3.05) is 6.61 Å². The Labute approximate surface area is 186 Å². The van der Waals surface area contributed by atoms with Crippen molar-refractivity contribution in [2.24, 2.45) is 5.10 Å². The van der Waals surface area contributed by atoms with E-state index in [-0.39, 0.29) is 34.2 Å². The van der Waals surface area contributed by atoms with E-state index in [4.69, 9.17) is 20.8 Å². The summed E-state index contributed by atoms with van der Waals surface area (Å²) in [6.45, 7) is 1.90. The van der Waals surface area contributed by atoms with Crippen molar-refractivity contribution in [2.45, 2.75) is 6.92 Å². The summed E-state index contributed by atoms with van der Waals surface area (Å²) in [5, 5.41) is 24.6. The van der Waals surface area contributed by atoms with Crippen LogP contribution in [-0.2, 0) is 4.74 Å². The number of benzene rings is 2. The summed E-state index contributed by atoms with van der Waals surface area (Å²) in [5.74, 6) is -1.14. The molecule has 164 valence electrons. The van der Waals surface area contributed by atoms with E-state index in [1.807, 2.05) is 0 Å². The maximum Gasteiger partial charge on any atom is 0.339 e. The minimum Gasteiger partial charge on any atom is -0.507 e. The number of esters is 1. The van der Waals surface area contributed by atoms with Crippen LogP contribution in [0.25, 0.3) is 11.3 Å². The summed E-state index contributed by atoms with van der Waals surface area (Å²) >= 11 is 6.06. The molecule has 32 heavy (non-hydrogen) atoms. The van der Waals surface area contributed by atoms with E-state index in [9.17, 15) is 24.8 Å². The number of nitrogens with one attached hydrogen (secondary N) is 1. The molecular weight excluding hydrogens is 442 g/mol. The van der Waals surface area contributed by atoms with Gasteiger partial charge in [0, 0.05) is 17.7 Å². The molecule has 11 heteroatoms. The zero-order chi connectivity index (χ0) is 23.3. The van der Waals surface area contributed by atoms with E-state index in [2.05, 4.69) is 10.5 Å². The summed E-state index contributed by atoms with van der Waals surface area (Å²) < 4.78 is 10.6. The molecule has 2 aromatic carbocycles. The predicted octanol–water partition coefficient (Wildman–Crippen LogP) is 4.15. The number of hydrazone groups is 1. The predicted molar refractivity (Wildman–Crippen MR) is 115 cm³/mol. The van der Waals surface area contributed by atoms with Crippen LogP contribution in [0, 0.1) is 10.1 Å². The van der Waals surface area contributed by atoms with Crippen molar-refractivity contribution in [1.82, 2.24) is 5.43 Å². The lowest BCUT2D eigenvalue weighted by Crippen LogP contribution is -2.17. The number of phenols is 1. The fourth-order valence-corrected chi connectivity index (χ4v) is 2.85. The van der Waals surface area contributed by atoms with Gasteiger partial charge in [-0.05, 0) is 43.3 Å². The van der Waals surface area contributed by atoms with Crippen LogP contribution >= 0.6 is 11.6 Å². The Morgan fingerprint density at radius 2 is 2.00 bits per heavy atom. The number of hydrogen-bond donors (Lipinski definition) is 2. The molecule has 0 spiro atoms. The molecule has 0 atom stereocenters. The lowest BCUT2D eigenvalue weighted by molar-refractivity contribution is -0.384. The minimum absolute atomic E-state index is 0.196. The zero-order valence-corrected chi connectivity index (χ0v) is 17.3. The Morgan fingerprint density at radius 1 is 1.22 bits per heavy atom. The second kappa shape index (κ2) is 9.75. The first kappa shape index (κ1) is 22.5. The third-order valence-electron chi connectivity index (χ3n) is 4.17. The zero-order valence-electron chi connectivity index (χ0n) is 16.6. The summed E-state index contributed by atoms with van der Waals surface area (Å²) in [7, 11) is 0. The molecule has 3 rings (SSSR count). The van der Waals surface area contributed by atoms with Gasteiger partial charge in [-0.3, -0.25) is 14.9 Å². The van der Waals surface area contributed by atoms with Gasteiger partial charge in [0.25, 0.3) is 11.6 Å². The van der Waals surface area contributed by atoms with Gasteiger partial charge in [-0.1, -0.05) is 11.6 Å². The first-order valence-electron chi connectivity index (χ1n) is 9.17. The number of carbonyl (C=O) groups is 2. The lowest BCUT2D eigenvalue weighted by atomic mass is 10.1. The molecule has 0 aliphatic carbocycles. The lowest BCUT2D eigenvalue weighted by Gasteiger charge is -2.05. The first-order chi connectivity index (χ1) is 15.3. The maximum atomic E-state index is 12.1. The topological polar surface area (TPSA) is 144 Å². The summed E-state index contributed by atoms with van der Waals surface area (Å²) in [5.41, 5.74) is 2.28. The Morgan fingerprint density at radius 3 is 2.72 bits per heavy atom. The second-order valence-electron chi connectivity index (χ2n) is 6.27. The number of phenolic OH excluding ortho intramolecular Hbond substituents is 1. The van der Waals surface area contributed by atoms with Gasteiger partial charge in [0.2, 0.25) is 0 Å². The standard InChI is InChI=1S/C21H16ClN3O7/c1-2-31-21(28)15-9-12(3-6-17(15)22)19-8-5-14(32-19)11-23-24-20(27)16-10-13(25(29)30)4-7-18(16)26/h3-11,26H,2H2,1H3,(H,24,27)/b23-11+. The van der Waals surface area contributed by atoms with Gasteiger partial charge >= 0.3 is 5.97 Å². The van der Waals surface area contributed by atoms with Crippen molar-refractivity contribution in [3.63, 3.8) is 0 Å². The van der Waals surface area contributed by atoms with Gasteiger partial charge < -0.3 is 14.3 Å². The second-order valence-corrected chi connectivity index (χ2v) is 6.68. The van der Waals surface area contributed by atoms with Gasteiger partial charge in [0.1, 0.15) is 17.3 Å². The van der Waals surface area contributed by atoms with Crippen LogP contribution < -0.4 is 5.43 Å². The molecule has 0 aliphatic rings. The molecule has 0 fully saturated rings. The quantitative estimate of drug-likeness (QED) is 0.234. The number of amides is 1. The molecule has 1 heterocycles.